The SMILES string of the molecule is NCC1(C(=O)Nc2cc(C(F)(F)F)ccc2O)CC1. The number of halogens is 3. The molecule has 0 spiro atoms. The first kappa shape index (κ1) is 13.7. The molecule has 1 aliphatic carbocycles. The van der Waals surface area contributed by atoms with E-state index in [-0.39, 0.29) is 12.2 Å². The highest BCUT2D eigenvalue weighted by atomic mass is 19.4. The van der Waals surface area contributed by atoms with Gasteiger partial charge >= 0.3 is 6.18 Å². The first-order valence-electron chi connectivity index (χ1n) is 5.70. The normalized spacial score (nSPS) is 17.1. The Labute approximate surface area is 107 Å². The fourth-order valence-electron chi connectivity index (χ4n) is 1.74. The lowest BCUT2D eigenvalue weighted by atomic mass is 10.1. The predicted molar refractivity (Wildman–Crippen MR) is 62.5 cm³/mol. The van der Waals surface area contributed by atoms with Gasteiger partial charge in [0.15, 0.2) is 0 Å². The number of nitrogens with one attached hydrogen (secondary N) is 1. The third kappa shape index (κ3) is 2.65. The summed E-state index contributed by atoms with van der Waals surface area (Å²) in [6, 6.07) is 2.36. The number of hydrogen-bond donors (Lipinski definition) is 3. The van der Waals surface area contributed by atoms with Crippen LogP contribution in [0, 0.1) is 5.41 Å². The maximum atomic E-state index is 12.5. The van der Waals surface area contributed by atoms with E-state index in [4.69, 9.17) is 5.73 Å². The zero-order chi connectivity index (χ0) is 14.3. The van der Waals surface area contributed by atoms with E-state index in [0.717, 1.165) is 12.1 Å². The molecule has 2 rings (SSSR count). The maximum Gasteiger partial charge on any atom is 0.416 e. The fraction of sp³-hybridized carbons (Fsp3) is 0.417. The Morgan fingerprint density at radius 2 is 2.05 bits per heavy atom. The van der Waals surface area contributed by atoms with Crippen molar-refractivity contribution in [2.75, 3.05) is 11.9 Å². The number of benzene rings is 1. The molecule has 1 amide bonds. The first-order valence-corrected chi connectivity index (χ1v) is 5.70. The van der Waals surface area contributed by atoms with Crippen LogP contribution in [0.2, 0.25) is 0 Å². The molecule has 0 bridgehead atoms. The summed E-state index contributed by atoms with van der Waals surface area (Å²) in [7, 11) is 0. The average Bonchev–Trinajstić information content (AvgIpc) is 3.11. The summed E-state index contributed by atoms with van der Waals surface area (Å²) in [5.74, 6) is -0.862. The van der Waals surface area contributed by atoms with Crippen LogP contribution in [0.4, 0.5) is 18.9 Å². The molecule has 0 atom stereocenters. The van der Waals surface area contributed by atoms with Crippen molar-refractivity contribution in [2.45, 2.75) is 19.0 Å². The van der Waals surface area contributed by atoms with Crippen LogP contribution in [-0.2, 0) is 11.0 Å². The van der Waals surface area contributed by atoms with Gasteiger partial charge in [0.05, 0.1) is 16.7 Å². The van der Waals surface area contributed by atoms with Gasteiger partial charge in [-0.05, 0) is 31.0 Å². The lowest BCUT2D eigenvalue weighted by Gasteiger charge is -2.15. The van der Waals surface area contributed by atoms with Crippen LogP contribution in [0.3, 0.4) is 0 Å². The standard InChI is InChI=1S/C12H13F3N2O2/c13-12(14,15)7-1-2-9(18)8(5-7)17-10(19)11(6-16)3-4-11/h1-2,5,18H,3-4,6,16H2,(H,17,19). The van der Waals surface area contributed by atoms with Crippen LogP contribution < -0.4 is 11.1 Å². The summed E-state index contributed by atoms with van der Waals surface area (Å²) in [4.78, 5) is 11.9. The van der Waals surface area contributed by atoms with Crippen LogP contribution in [0.15, 0.2) is 18.2 Å². The summed E-state index contributed by atoms with van der Waals surface area (Å²) in [5.41, 5.74) is 3.58. The van der Waals surface area contributed by atoms with Crippen molar-refractivity contribution >= 4 is 11.6 Å². The molecule has 0 aliphatic heterocycles. The molecule has 0 aromatic heterocycles. The van der Waals surface area contributed by atoms with Crippen molar-refractivity contribution in [3.05, 3.63) is 23.8 Å². The van der Waals surface area contributed by atoms with Crippen LogP contribution in [0.1, 0.15) is 18.4 Å². The summed E-state index contributed by atoms with van der Waals surface area (Å²) in [6.45, 7) is 0.137. The van der Waals surface area contributed by atoms with Gasteiger partial charge in [-0.15, -0.1) is 0 Å². The molecule has 1 fully saturated rings. The molecular weight excluding hydrogens is 261 g/mol. The van der Waals surface area contributed by atoms with Gasteiger partial charge in [0.25, 0.3) is 0 Å². The Morgan fingerprint density at radius 1 is 1.42 bits per heavy atom. The second kappa shape index (κ2) is 4.41. The molecule has 104 valence electrons. The number of alkyl halides is 3. The van der Waals surface area contributed by atoms with Crippen molar-refractivity contribution in [3.8, 4) is 5.75 Å². The van der Waals surface area contributed by atoms with Gasteiger partial charge in [0.1, 0.15) is 5.75 Å². The van der Waals surface area contributed by atoms with Gasteiger partial charge in [-0.1, -0.05) is 0 Å². The van der Waals surface area contributed by atoms with Gasteiger partial charge in [-0.3, -0.25) is 4.79 Å². The van der Waals surface area contributed by atoms with Crippen molar-refractivity contribution in [2.24, 2.45) is 11.1 Å². The van der Waals surface area contributed by atoms with Gasteiger partial charge < -0.3 is 16.2 Å². The summed E-state index contributed by atoms with van der Waals surface area (Å²) < 4.78 is 37.6. The van der Waals surface area contributed by atoms with E-state index < -0.39 is 28.8 Å². The molecule has 1 aliphatic rings. The van der Waals surface area contributed by atoms with Crippen molar-refractivity contribution in [1.82, 2.24) is 0 Å². The Morgan fingerprint density at radius 3 is 2.53 bits per heavy atom. The van der Waals surface area contributed by atoms with Crippen molar-refractivity contribution in [1.29, 1.82) is 0 Å². The van der Waals surface area contributed by atoms with E-state index in [1.807, 2.05) is 0 Å². The number of nitrogens with two attached hydrogens (primary N) is 1. The van der Waals surface area contributed by atoms with Crippen LogP contribution >= 0.6 is 0 Å². The number of anilines is 1. The molecular formula is C12H13F3N2O2. The average molecular weight is 274 g/mol. The van der Waals surface area contributed by atoms with Crippen LogP contribution in [0.5, 0.6) is 5.75 Å². The molecule has 1 aromatic carbocycles. The number of phenols is 1. The van der Waals surface area contributed by atoms with E-state index in [1.54, 1.807) is 0 Å². The Bertz CT molecular complexity index is 510. The number of rotatable bonds is 3. The Hall–Kier alpha value is -1.76. The minimum absolute atomic E-state index is 0.137. The van der Waals surface area contributed by atoms with Gasteiger partial charge in [-0.25, -0.2) is 0 Å². The number of carbonyl (C=O) groups is 1. The van der Waals surface area contributed by atoms with E-state index in [2.05, 4.69) is 5.32 Å². The zero-order valence-electron chi connectivity index (χ0n) is 9.92. The highest BCUT2D eigenvalue weighted by Gasteiger charge is 2.48. The third-order valence-corrected chi connectivity index (χ3v) is 3.30. The molecule has 4 nitrogen and oxygen atoms in total. The minimum atomic E-state index is -4.53. The van der Waals surface area contributed by atoms with Gasteiger partial charge in [0, 0.05) is 6.54 Å². The third-order valence-electron chi connectivity index (χ3n) is 3.30. The molecule has 0 heterocycles. The van der Waals surface area contributed by atoms with Gasteiger partial charge in [-0.2, -0.15) is 13.2 Å². The summed E-state index contributed by atoms with van der Waals surface area (Å²) >= 11 is 0. The number of aromatic hydroxyl groups is 1. The summed E-state index contributed by atoms with van der Waals surface area (Å²) in [5, 5.41) is 11.8. The number of hydrogen-bond acceptors (Lipinski definition) is 3. The fourth-order valence-corrected chi connectivity index (χ4v) is 1.74. The molecule has 0 unspecified atom stereocenters. The second-order valence-corrected chi connectivity index (χ2v) is 4.67. The topological polar surface area (TPSA) is 75.4 Å². The first-order chi connectivity index (χ1) is 8.78. The molecule has 7 heteroatoms. The number of amides is 1. The number of phenolic OH excluding ortho intramolecular Hbond substituents is 1. The molecule has 1 aromatic rings. The largest absolute Gasteiger partial charge is 0.506 e. The molecule has 19 heavy (non-hydrogen) atoms. The second-order valence-electron chi connectivity index (χ2n) is 4.67. The Balaban J connectivity index is 2.23. The smallest absolute Gasteiger partial charge is 0.416 e. The molecule has 0 saturated heterocycles. The Kier molecular flexibility index (Phi) is 3.17. The lowest BCUT2D eigenvalue weighted by Crippen LogP contribution is -2.30. The summed E-state index contributed by atoms with van der Waals surface area (Å²) in [6.07, 6.45) is -3.32. The predicted octanol–water partition coefficient (Wildman–Crippen LogP) is 2.09. The molecule has 4 N–H and O–H groups in total. The van der Waals surface area contributed by atoms with E-state index in [0.29, 0.717) is 18.9 Å². The maximum absolute atomic E-state index is 12.5. The highest BCUT2D eigenvalue weighted by molar-refractivity contribution is 5.98. The van der Waals surface area contributed by atoms with Crippen LogP contribution in [-0.4, -0.2) is 17.6 Å². The van der Waals surface area contributed by atoms with E-state index in [1.165, 1.54) is 0 Å². The van der Waals surface area contributed by atoms with E-state index in [9.17, 15) is 23.1 Å². The van der Waals surface area contributed by atoms with Crippen molar-refractivity contribution in [3.63, 3.8) is 0 Å². The monoisotopic (exact) mass is 274 g/mol. The quantitative estimate of drug-likeness (QED) is 0.739. The van der Waals surface area contributed by atoms with E-state index >= 15 is 0 Å². The minimum Gasteiger partial charge on any atom is -0.506 e. The van der Waals surface area contributed by atoms with Crippen molar-refractivity contribution < 1.29 is 23.1 Å². The molecule has 0 radical (unpaired) electrons. The molecule has 1 saturated carbocycles. The highest BCUT2D eigenvalue weighted by Crippen LogP contribution is 2.46. The lowest BCUT2D eigenvalue weighted by molar-refractivity contribution is -0.137. The zero-order valence-corrected chi connectivity index (χ0v) is 9.92. The number of carbonyl (C=O) groups excluding carboxylic acids is 1. The van der Waals surface area contributed by atoms with Crippen LogP contribution in [0.25, 0.3) is 0 Å². The van der Waals surface area contributed by atoms with Gasteiger partial charge in [0.2, 0.25) is 5.91 Å².